The zero-order chi connectivity index (χ0) is 10.6. The van der Waals surface area contributed by atoms with Gasteiger partial charge in [0.1, 0.15) is 6.61 Å². The summed E-state index contributed by atoms with van der Waals surface area (Å²) in [5.74, 6) is 0. The van der Waals surface area contributed by atoms with E-state index < -0.39 is 6.09 Å². The van der Waals surface area contributed by atoms with Gasteiger partial charge in [0.2, 0.25) is 0 Å². The summed E-state index contributed by atoms with van der Waals surface area (Å²) in [4.78, 5) is 14.4. The molecule has 2 N–H and O–H groups in total. The predicted molar refractivity (Wildman–Crippen MR) is 52.8 cm³/mol. The van der Waals surface area contributed by atoms with Crippen molar-refractivity contribution in [3.63, 3.8) is 0 Å². The smallest absolute Gasteiger partial charge is 0.404 e. The van der Waals surface area contributed by atoms with Gasteiger partial charge in [0.05, 0.1) is 0 Å². The van der Waals surface area contributed by atoms with Crippen LogP contribution in [0.15, 0.2) is 24.5 Å². The van der Waals surface area contributed by atoms with Crippen molar-refractivity contribution in [1.82, 2.24) is 4.98 Å². The van der Waals surface area contributed by atoms with Crippen molar-refractivity contribution in [3.05, 3.63) is 30.1 Å². The SMILES string of the molecule is CC(C)(COC(N)=O)c1ccncc1. The van der Waals surface area contributed by atoms with Crippen LogP contribution >= 0.6 is 0 Å². The van der Waals surface area contributed by atoms with Crippen molar-refractivity contribution in [2.75, 3.05) is 6.61 Å². The number of rotatable bonds is 3. The Kier molecular flexibility index (Phi) is 3.06. The topological polar surface area (TPSA) is 65.2 Å². The summed E-state index contributed by atoms with van der Waals surface area (Å²) in [7, 11) is 0. The zero-order valence-electron chi connectivity index (χ0n) is 8.36. The Morgan fingerprint density at radius 3 is 2.57 bits per heavy atom. The molecule has 4 nitrogen and oxygen atoms in total. The van der Waals surface area contributed by atoms with Crippen LogP contribution in [0.1, 0.15) is 19.4 Å². The summed E-state index contributed by atoms with van der Waals surface area (Å²) in [6.45, 7) is 4.23. The second kappa shape index (κ2) is 4.09. The summed E-state index contributed by atoms with van der Waals surface area (Å²) in [5, 5.41) is 0. The Morgan fingerprint density at radius 2 is 2.07 bits per heavy atom. The van der Waals surface area contributed by atoms with Crippen molar-refractivity contribution in [2.45, 2.75) is 19.3 Å². The fourth-order valence-corrected chi connectivity index (χ4v) is 1.14. The average Bonchev–Trinajstić information content (AvgIpc) is 2.16. The van der Waals surface area contributed by atoms with E-state index in [1.165, 1.54) is 0 Å². The van der Waals surface area contributed by atoms with E-state index in [2.05, 4.69) is 4.98 Å². The van der Waals surface area contributed by atoms with E-state index in [-0.39, 0.29) is 12.0 Å². The molecule has 0 atom stereocenters. The quantitative estimate of drug-likeness (QED) is 0.792. The Balaban J connectivity index is 2.70. The molecule has 0 aromatic carbocycles. The lowest BCUT2D eigenvalue weighted by Crippen LogP contribution is -2.28. The molecule has 1 heterocycles. The molecule has 14 heavy (non-hydrogen) atoms. The molecule has 0 unspecified atom stereocenters. The van der Waals surface area contributed by atoms with Gasteiger partial charge in [-0.3, -0.25) is 4.98 Å². The second-order valence-electron chi connectivity index (χ2n) is 3.73. The Hall–Kier alpha value is -1.58. The number of carbonyl (C=O) groups excluding carboxylic acids is 1. The fraction of sp³-hybridized carbons (Fsp3) is 0.400. The van der Waals surface area contributed by atoms with Gasteiger partial charge in [-0.05, 0) is 17.7 Å². The number of nitrogens with two attached hydrogens (primary N) is 1. The molecular formula is C10H14N2O2. The summed E-state index contributed by atoms with van der Waals surface area (Å²) < 4.78 is 4.78. The molecule has 1 rings (SSSR count). The van der Waals surface area contributed by atoms with Gasteiger partial charge >= 0.3 is 6.09 Å². The van der Waals surface area contributed by atoms with Crippen molar-refractivity contribution in [1.29, 1.82) is 0 Å². The van der Waals surface area contributed by atoms with E-state index in [0.717, 1.165) is 5.56 Å². The second-order valence-corrected chi connectivity index (χ2v) is 3.73. The number of hydrogen-bond acceptors (Lipinski definition) is 3. The van der Waals surface area contributed by atoms with Gasteiger partial charge in [-0.2, -0.15) is 0 Å². The minimum Gasteiger partial charge on any atom is -0.449 e. The highest BCUT2D eigenvalue weighted by molar-refractivity contribution is 5.64. The van der Waals surface area contributed by atoms with Crippen LogP contribution in [0.2, 0.25) is 0 Å². The third-order valence-corrected chi connectivity index (χ3v) is 2.04. The molecule has 0 saturated carbocycles. The minimum absolute atomic E-state index is 0.238. The number of nitrogens with zero attached hydrogens (tertiary/aromatic N) is 1. The third kappa shape index (κ3) is 2.73. The molecule has 0 spiro atoms. The summed E-state index contributed by atoms with van der Waals surface area (Å²) in [5.41, 5.74) is 5.73. The number of carbonyl (C=O) groups is 1. The van der Waals surface area contributed by atoms with Gasteiger partial charge in [0, 0.05) is 17.8 Å². The lowest BCUT2D eigenvalue weighted by molar-refractivity contribution is 0.133. The van der Waals surface area contributed by atoms with Crippen LogP contribution in [0.5, 0.6) is 0 Å². The number of hydrogen-bond donors (Lipinski definition) is 1. The number of ether oxygens (including phenoxy) is 1. The first-order chi connectivity index (χ1) is 6.52. The number of pyridine rings is 1. The maximum absolute atomic E-state index is 10.5. The number of primary amides is 1. The van der Waals surface area contributed by atoms with E-state index in [1.54, 1.807) is 12.4 Å². The molecular weight excluding hydrogens is 180 g/mol. The van der Waals surface area contributed by atoms with Crippen molar-refractivity contribution in [2.24, 2.45) is 5.73 Å². The standard InChI is InChI=1S/C10H14N2O2/c1-10(2,7-14-9(11)13)8-3-5-12-6-4-8/h3-6H,7H2,1-2H3,(H2,11,13). The lowest BCUT2D eigenvalue weighted by atomic mass is 9.86. The molecule has 1 amide bonds. The molecule has 1 aromatic heterocycles. The van der Waals surface area contributed by atoms with Crippen LogP contribution in [0.3, 0.4) is 0 Å². The van der Waals surface area contributed by atoms with Crippen LogP contribution in [0.25, 0.3) is 0 Å². The molecule has 4 heteroatoms. The van der Waals surface area contributed by atoms with E-state index in [4.69, 9.17) is 10.5 Å². The number of amides is 1. The maximum atomic E-state index is 10.5. The molecule has 0 fully saturated rings. The van der Waals surface area contributed by atoms with Crippen LogP contribution in [-0.2, 0) is 10.2 Å². The summed E-state index contributed by atoms with van der Waals surface area (Å²) in [6, 6.07) is 3.79. The fourth-order valence-electron chi connectivity index (χ4n) is 1.14. The van der Waals surface area contributed by atoms with Gasteiger partial charge < -0.3 is 10.5 Å². The molecule has 76 valence electrons. The molecule has 0 radical (unpaired) electrons. The first-order valence-electron chi connectivity index (χ1n) is 4.35. The molecule has 0 saturated heterocycles. The van der Waals surface area contributed by atoms with E-state index in [0.29, 0.717) is 0 Å². The Bertz CT molecular complexity index is 309. The van der Waals surface area contributed by atoms with Gasteiger partial charge in [-0.15, -0.1) is 0 Å². The zero-order valence-corrected chi connectivity index (χ0v) is 8.36. The summed E-state index contributed by atoms with van der Waals surface area (Å²) >= 11 is 0. The monoisotopic (exact) mass is 194 g/mol. The van der Waals surface area contributed by atoms with Crippen LogP contribution < -0.4 is 5.73 Å². The van der Waals surface area contributed by atoms with E-state index in [9.17, 15) is 4.79 Å². The lowest BCUT2D eigenvalue weighted by Gasteiger charge is -2.23. The first kappa shape index (κ1) is 10.5. The van der Waals surface area contributed by atoms with Crippen LogP contribution in [-0.4, -0.2) is 17.7 Å². The van der Waals surface area contributed by atoms with Gasteiger partial charge in [0.15, 0.2) is 0 Å². The van der Waals surface area contributed by atoms with E-state index in [1.807, 2.05) is 26.0 Å². The highest BCUT2D eigenvalue weighted by Crippen LogP contribution is 2.22. The Morgan fingerprint density at radius 1 is 1.50 bits per heavy atom. The largest absolute Gasteiger partial charge is 0.449 e. The normalized spacial score (nSPS) is 11.0. The molecule has 1 aromatic rings. The molecule has 0 aliphatic carbocycles. The maximum Gasteiger partial charge on any atom is 0.404 e. The Labute approximate surface area is 83.1 Å². The van der Waals surface area contributed by atoms with Crippen LogP contribution in [0.4, 0.5) is 4.79 Å². The van der Waals surface area contributed by atoms with Gasteiger partial charge in [-0.25, -0.2) is 4.79 Å². The third-order valence-electron chi connectivity index (χ3n) is 2.04. The highest BCUT2D eigenvalue weighted by atomic mass is 16.5. The van der Waals surface area contributed by atoms with Gasteiger partial charge in [-0.1, -0.05) is 13.8 Å². The highest BCUT2D eigenvalue weighted by Gasteiger charge is 2.21. The van der Waals surface area contributed by atoms with Crippen LogP contribution in [0, 0.1) is 0 Å². The first-order valence-corrected chi connectivity index (χ1v) is 4.35. The van der Waals surface area contributed by atoms with Crippen molar-refractivity contribution >= 4 is 6.09 Å². The van der Waals surface area contributed by atoms with Gasteiger partial charge in [0.25, 0.3) is 0 Å². The molecule has 0 aliphatic heterocycles. The van der Waals surface area contributed by atoms with Crippen molar-refractivity contribution < 1.29 is 9.53 Å². The minimum atomic E-state index is -0.743. The molecule has 0 bridgehead atoms. The summed E-state index contributed by atoms with van der Waals surface area (Å²) in [6.07, 6.45) is 2.68. The van der Waals surface area contributed by atoms with Crippen molar-refractivity contribution in [3.8, 4) is 0 Å². The molecule has 0 aliphatic rings. The number of aromatic nitrogens is 1. The average molecular weight is 194 g/mol. The predicted octanol–water partition coefficient (Wildman–Crippen LogP) is 1.45. The van der Waals surface area contributed by atoms with E-state index >= 15 is 0 Å².